The molecule has 0 spiro atoms. The van der Waals surface area contributed by atoms with Crippen LogP contribution in [0.5, 0.6) is 0 Å². The van der Waals surface area contributed by atoms with E-state index in [1.54, 1.807) is 23.1 Å². The molecule has 1 saturated heterocycles. The fourth-order valence-corrected chi connectivity index (χ4v) is 4.46. The molecule has 1 heterocycles. The molecule has 6 nitrogen and oxygen atoms in total. The number of piperidine rings is 1. The van der Waals surface area contributed by atoms with Crippen molar-refractivity contribution in [2.75, 3.05) is 13.1 Å². The van der Waals surface area contributed by atoms with Gasteiger partial charge in [-0.15, -0.1) is 0 Å². The Kier molecular flexibility index (Phi) is 7.05. The van der Waals surface area contributed by atoms with Crippen molar-refractivity contribution >= 4 is 35.2 Å². The zero-order valence-electron chi connectivity index (χ0n) is 17.0. The van der Waals surface area contributed by atoms with Crippen LogP contribution in [0.4, 0.5) is 5.69 Å². The summed E-state index contributed by atoms with van der Waals surface area (Å²) in [6, 6.07) is 12.9. The van der Waals surface area contributed by atoms with Gasteiger partial charge in [-0.05, 0) is 35.3 Å². The molecule has 2 aromatic carbocycles. The first-order chi connectivity index (χ1) is 14.3. The minimum absolute atomic E-state index is 0.0109. The van der Waals surface area contributed by atoms with E-state index in [2.05, 4.69) is 13.8 Å². The summed E-state index contributed by atoms with van der Waals surface area (Å²) in [5.41, 5.74) is 1.74. The third kappa shape index (κ3) is 5.36. The maximum absolute atomic E-state index is 12.3. The third-order valence-corrected chi connectivity index (χ3v) is 6.15. The topological polar surface area (TPSA) is 80.5 Å². The summed E-state index contributed by atoms with van der Waals surface area (Å²) in [7, 11) is 0. The Labute approximate surface area is 180 Å². The van der Waals surface area contributed by atoms with Crippen molar-refractivity contribution in [3.8, 4) is 0 Å². The first-order valence-electron chi connectivity index (χ1n) is 9.89. The van der Waals surface area contributed by atoms with Gasteiger partial charge in [0.05, 0.1) is 9.82 Å². The molecule has 0 atom stereocenters. The van der Waals surface area contributed by atoms with Gasteiger partial charge in [0.25, 0.3) is 5.69 Å². The average molecular weight is 425 g/mol. The van der Waals surface area contributed by atoms with E-state index in [1.165, 1.54) is 23.9 Å². The van der Waals surface area contributed by atoms with Gasteiger partial charge in [-0.1, -0.05) is 49.9 Å². The molecular formula is C23H24N2O4S. The van der Waals surface area contributed by atoms with Crippen molar-refractivity contribution in [3.05, 3.63) is 69.8 Å². The lowest BCUT2D eigenvalue weighted by molar-refractivity contribution is -0.387. The lowest BCUT2D eigenvalue weighted by atomic mass is 10.0. The molecule has 0 bridgehead atoms. The number of hydrogen-bond donors (Lipinski definition) is 0. The Morgan fingerprint density at radius 1 is 1.13 bits per heavy atom. The minimum Gasteiger partial charge on any atom is -0.338 e. The van der Waals surface area contributed by atoms with E-state index in [0.717, 1.165) is 10.5 Å². The van der Waals surface area contributed by atoms with Crippen LogP contribution in [0.15, 0.2) is 58.3 Å². The monoisotopic (exact) mass is 424 g/mol. The van der Waals surface area contributed by atoms with E-state index < -0.39 is 4.92 Å². The Morgan fingerprint density at radius 3 is 2.50 bits per heavy atom. The van der Waals surface area contributed by atoms with E-state index in [9.17, 15) is 19.7 Å². The Hall–Kier alpha value is -2.93. The summed E-state index contributed by atoms with van der Waals surface area (Å²) in [5.74, 6) is 0.298. The zero-order valence-corrected chi connectivity index (χ0v) is 17.9. The van der Waals surface area contributed by atoms with Crippen LogP contribution >= 0.6 is 11.8 Å². The van der Waals surface area contributed by atoms with E-state index >= 15 is 0 Å². The van der Waals surface area contributed by atoms with E-state index in [1.807, 2.05) is 24.3 Å². The van der Waals surface area contributed by atoms with Crippen LogP contribution in [0.1, 0.15) is 43.7 Å². The largest absolute Gasteiger partial charge is 0.338 e. The summed E-state index contributed by atoms with van der Waals surface area (Å²) < 4.78 is 0. The molecule has 0 saturated carbocycles. The van der Waals surface area contributed by atoms with Crippen LogP contribution in [0.2, 0.25) is 0 Å². The SMILES string of the molecule is CC(C)c1ccccc1Sc1ccc(/C=C/C(=O)N2CCC(=O)CC2)cc1[N+](=O)[O-]. The van der Waals surface area contributed by atoms with Gasteiger partial charge < -0.3 is 4.90 Å². The molecule has 0 unspecified atom stereocenters. The highest BCUT2D eigenvalue weighted by Gasteiger charge is 2.20. The van der Waals surface area contributed by atoms with Crippen molar-refractivity contribution in [2.24, 2.45) is 0 Å². The number of nitro benzene ring substituents is 1. The van der Waals surface area contributed by atoms with Gasteiger partial charge in [0.2, 0.25) is 5.91 Å². The van der Waals surface area contributed by atoms with Crippen LogP contribution < -0.4 is 0 Å². The van der Waals surface area contributed by atoms with Crippen molar-refractivity contribution in [2.45, 2.75) is 42.4 Å². The van der Waals surface area contributed by atoms with E-state index in [-0.39, 0.29) is 17.4 Å². The molecule has 0 radical (unpaired) electrons. The molecule has 156 valence electrons. The fraction of sp³-hybridized carbons (Fsp3) is 0.304. The molecule has 7 heteroatoms. The molecular weight excluding hydrogens is 400 g/mol. The molecule has 3 rings (SSSR count). The number of benzene rings is 2. The van der Waals surface area contributed by atoms with Gasteiger partial charge in [0.1, 0.15) is 5.78 Å². The van der Waals surface area contributed by atoms with Crippen LogP contribution in [0.25, 0.3) is 6.08 Å². The second-order valence-corrected chi connectivity index (χ2v) is 8.56. The highest BCUT2D eigenvalue weighted by molar-refractivity contribution is 7.99. The zero-order chi connectivity index (χ0) is 21.7. The van der Waals surface area contributed by atoms with Gasteiger partial charge in [-0.2, -0.15) is 0 Å². The molecule has 30 heavy (non-hydrogen) atoms. The predicted molar refractivity (Wildman–Crippen MR) is 118 cm³/mol. The second kappa shape index (κ2) is 9.71. The normalized spacial score (nSPS) is 14.5. The highest BCUT2D eigenvalue weighted by atomic mass is 32.2. The average Bonchev–Trinajstić information content (AvgIpc) is 2.73. The quantitative estimate of drug-likeness (QED) is 0.367. The smallest absolute Gasteiger partial charge is 0.283 e. The number of rotatable bonds is 6. The maximum Gasteiger partial charge on any atom is 0.283 e. The number of likely N-dealkylation sites (tertiary alicyclic amines) is 1. The van der Waals surface area contributed by atoms with Crippen LogP contribution in [0.3, 0.4) is 0 Å². The molecule has 2 aromatic rings. The van der Waals surface area contributed by atoms with Crippen molar-refractivity contribution in [1.29, 1.82) is 0 Å². The number of hydrogen-bond acceptors (Lipinski definition) is 5. The first-order valence-corrected chi connectivity index (χ1v) is 10.7. The Morgan fingerprint density at radius 2 is 1.83 bits per heavy atom. The summed E-state index contributed by atoms with van der Waals surface area (Å²) in [6.45, 7) is 5.04. The number of Topliss-reactive ketones (excluding diaryl/α,β-unsaturated/α-hetero) is 1. The molecule has 0 aromatic heterocycles. The molecule has 1 amide bonds. The summed E-state index contributed by atoms with van der Waals surface area (Å²) >= 11 is 1.38. The Balaban J connectivity index is 1.79. The maximum atomic E-state index is 12.3. The summed E-state index contributed by atoms with van der Waals surface area (Å²) in [4.78, 5) is 38.1. The number of ketones is 1. The molecule has 1 aliphatic heterocycles. The van der Waals surface area contributed by atoms with Gasteiger partial charge >= 0.3 is 0 Å². The molecule has 0 N–H and O–H groups in total. The lowest BCUT2D eigenvalue weighted by Crippen LogP contribution is -2.37. The van der Waals surface area contributed by atoms with Gasteiger partial charge in [-0.3, -0.25) is 19.7 Å². The molecule has 1 aliphatic rings. The van der Waals surface area contributed by atoms with E-state index in [0.29, 0.717) is 42.3 Å². The number of amides is 1. The van der Waals surface area contributed by atoms with Crippen molar-refractivity contribution in [3.63, 3.8) is 0 Å². The third-order valence-electron chi connectivity index (χ3n) is 4.99. The number of nitrogens with zero attached hydrogens (tertiary/aromatic N) is 2. The van der Waals surface area contributed by atoms with Crippen LogP contribution in [-0.2, 0) is 9.59 Å². The fourth-order valence-electron chi connectivity index (χ4n) is 3.29. The van der Waals surface area contributed by atoms with Crippen molar-refractivity contribution < 1.29 is 14.5 Å². The van der Waals surface area contributed by atoms with Gasteiger partial charge in [0, 0.05) is 43.0 Å². The van der Waals surface area contributed by atoms with Gasteiger partial charge in [-0.25, -0.2) is 0 Å². The Bertz CT molecular complexity index is 990. The first kappa shape index (κ1) is 21.8. The number of carbonyl (C=O) groups is 2. The van der Waals surface area contributed by atoms with Gasteiger partial charge in [0.15, 0.2) is 0 Å². The standard InChI is InChI=1S/C23H24N2O4S/c1-16(2)19-5-3-4-6-21(19)30-22-9-7-17(15-20(22)25(28)29)8-10-23(27)24-13-11-18(26)12-14-24/h3-10,15-16H,11-14H2,1-2H3/b10-8+. The number of carbonyl (C=O) groups excluding carboxylic acids is 2. The van der Waals surface area contributed by atoms with E-state index in [4.69, 9.17) is 0 Å². The molecule has 1 fully saturated rings. The minimum atomic E-state index is -0.393. The highest BCUT2D eigenvalue weighted by Crippen LogP contribution is 2.39. The summed E-state index contributed by atoms with van der Waals surface area (Å²) in [6.07, 6.45) is 3.77. The van der Waals surface area contributed by atoms with Crippen LogP contribution in [-0.4, -0.2) is 34.6 Å². The lowest BCUT2D eigenvalue weighted by Gasteiger charge is -2.24. The second-order valence-electron chi connectivity index (χ2n) is 7.48. The summed E-state index contributed by atoms with van der Waals surface area (Å²) in [5, 5.41) is 11.7. The van der Waals surface area contributed by atoms with Crippen molar-refractivity contribution in [1.82, 2.24) is 4.90 Å². The van der Waals surface area contributed by atoms with Crippen LogP contribution in [0, 0.1) is 10.1 Å². The predicted octanol–water partition coefficient (Wildman–Crippen LogP) is 5.07. The molecule has 0 aliphatic carbocycles. The number of nitro groups is 1.